The SMILES string of the molecule is O=C(NCC1CCCCC1)c1cn(Cc2ccccc2F)nn1. The number of hydrogen-bond donors (Lipinski definition) is 1. The van der Waals surface area contributed by atoms with Crippen molar-refractivity contribution in [1.29, 1.82) is 0 Å². The van der Waals surface area contributed by atoms with Gasteiger partial charge in [0.2, 0.25) is 0 Å². The minimum atomic E-state index is -0.286. The molecule has 1 N–H and O–H groups in total. The van der Waals surface area contributed by atoms with Crippen LogP contribution in [0, 0.1) is 11.7 Å². The third-order valence-electron chi connectivity index (χ3n) is 4.34. The van der Waals surface area contributed by atoms with Gasteiger partial charge in [-0.15, -0.1) is 5.10 Å². The summed E-state index contributed by atoms with van der Waals surface area (Å²) in [6.45, 7) is 0.953. The summed E-state index contributed by atoms with van der Waals surface area (Å²) in [5.74, 6) is 0.0721. The first-order valence-electron chi connectivity index (χ1n) is 8.14. The Balaban J connectivity index is 1.55. The standard InChI is InChI=1S/C17H21FN4O/c18-15-9-5-4-8-14(15)11-22-12-16(20-21-22)17(23)19-10-13-6-2-1-3-7-13/h4-5,8-9,12-13H,1-3,6-7,10-11H2,(H,19,23). The molecule has 0 bridgehead atoms. The Morgan fingerprint density at radius 2 is 2.04 bits per heavy atom. The van der Waals surface area contributed by atoms with Gasteiger partial charge in [-0.2, -0.15) is 0 Å². The Hall–Kier alpha value is -2.24. The Kier molecular flexibility index (Phi) is 5.00. The van der Waals surface area contributed by atoms with Crippen LogP contribution in [0.1, 0.15) is 48.2 Å². The van der Waals surface area contributed by atoms with Crippen LogP contribution in [-0.2, 0) is 6.54 Å². The zero-order valence-electron chi connectivity index (χ0n) is 13.0. The molecule has 1 saturated carbocycles. The van der Waals surface area contributed by atoms with Gasteiger partial charge in [0, 0.05) is 12.1 Å². The number of hydrogen-bond acceptors (Lipinski definition) is 3. The summed E-state index contributed by atoms with van der Waals surface area (Å²) in [6.07, 6.45) is 7.72. The van der Waals surface area contributed by atoms with Gasteiger partial charge in [0.05, 0.1) is 12.7 Å². The van der Waals surface area contributed by atoms with Crippen LogP contribution in [0.25, 0.3) is 0 Å². The third kappa shape index (κ3) is 4.15. The summed E-state index contributed by atoms with van der Waals surface area (Å²) in [7, 11) is 0. The van der Waals surface area contributed by atoms with Gasteiger partial charge >= 0.3 is 0 Å². The van der Waals surface area contributed by atoms with E-state index in [1.54, 1.807) is 24.4 Å². The van der Waals surface area contributed by atoms with Crippen LogP contribution < -0.4 is 5.32 Å². The number of halogens is 1. The minimum Gasteiger partial charge on any atom is -0.350 e. The molecule has 1 aromatic carbocycles. The monoisotopic (exact) mass is 316 g/mol. The third-order valence-corrected chi connectivity index (χ3v) is 4.34. The van der Waals surface area contributed by atoms with Crippen LogP contribution in [0.4, 0.5) is 4.39 Å². The number of carbonyl (C=O) groups excluding carboxylic acids is 1. The molecule has 1 aliphatic rings. The number of amides is 1. The number of nitrogens with zero attached hydrogens (tertiary/aromatic N) is 3. The molecule has 0 atom stereocenters. The molecule has 1 amide bonds. The van der Waals surface area contributed by atoms with Crippen LogP contribution in [-0.4, -0.2) is 27.4 Å². The number of aromatic nitrogens is 3. The lowest BCUT2D eigenvalue weighted by molar-refractivity contribution is 0.0938. The topological polar surface area (TPSA) is 59.8 Å². The van der Waals surface area contributed by atoms with Gasteiger partial charge in [-0.1, -0.05) is 42.7 Å². The zero-order chi connectivity index (χ0) is 16.1. The van der Waals surface area contributed by atoms with Crippen LogP contribution in [0.5, 0.6) is 0 Å². The fourth-order valence-electron chi connectivity index (χ4n) is 3.00. The maximum atomic E-state index is 13.6. The van der Waals surface area contributed by atoms with Gasteiger partial charge in [0.15, 0.2) is 5.69 Å². The smallest absolute Gasteiger partial charge is 0.273 e. The van der Waals surface area contributed by atoms with Crippen molar-refractivity contribution >= 4 is 5.91 Å². The van der Waals surface area contributed by atoms with E-state index in [4.69, 9.17) is 0 Å². The highest BCUT2D eigenvalue weighted by Gasteiger charge is 2.16. The highest BCUT2D eigenvalue weighted by Crippen LogP contribution is 2.22. The van der Waals surface area contributed by atoms with Crippen molar-refractivity contribution in [3.8, 4) is 0 Å². The molecule has 2 aromatic rings. The van der Waals surface area contributed by atoms with Crippen molar-refractivity contribution < 1.29 is 9.18 Å². The first-order chi connectivity index (χ1) is 11.2. The maximum Gasteiger partial charge on any atom is 0.273 e. The van der Waals surface area contributed by atoms with Crippen molar-refractivity contribution in [1.82, 2.24) is 20.3 Å². The molecule has 122 valence electrons. The van der Waals surface area contributed by atoms with Crippen molar-refractivity contribution in [3.05, 3.63) is 47.5 Å². The second-order valence-electron chi connectivity index (χ2n) is 6.11. The average Bonchev–Trinajstić information content (AvgIpc) is 3.04. The van der Waals surface area contributed by atoms with Crippen LogP contribution in [0.15, 0.2) is 30.5 Å². The number of nitrogens with one attached hydrogen (secondary N) is 1. The molecule has 5 nitrogen and oxygen atoms in total. The quantitative estimate of drug-likeness (QED) is 0.922. The number of carbonyl (C=O) groups is 1. The van der Waals surface area contributed by atoms with Crippen LogP contribution in [0.3, 0.4) is 0 Å². The van der Waals surface area contributed by atoms with Gasteiger partial charge in [-0.05, 0) is 24.8 Å². The molecule has 23 heavy (non-hydrogen) atoms. The molecular weight excluding hydrogens is 295 g/mol. The molecule has 3 rings (SSSR count). The summed E-state index contributed by atoms with van der Waals surface area (Å²) >= 11 is 0. The van der Waals surface area contributed by atoms with Gasteiger partial charge in [0.25, 0.3) is 5.91 Å². The van der Waals surface area contributed by atoms with Gasteiger partial charge < -0.3 is 5.32 Å². The van der Waals surface area contributed by atoms with E-state index in [0.29, 0.717) is 18.0 Å². The van der Waals surface area contributed by atoms with E-state index in [0.717, 1.165) is 0 Å². The molecule has 1 fully saturated rings. The highest BCUT2D eigenvalue weighted by molar-refractivity contribution is 5.91. The Bertz CT molecular complexity index is 664. The lowest BCUT2D eigenvalue weighted by atomic mass is 9.89. The molecule has 0 spiro atoms. The van der Waals surface area contributed by atoms with E-state index in [1.807, 2.05) is 0 Å². The summed E-state index contributed by atoms with van der Waals surface area (Å²) < 4.78 is 15.1. The Morgan fingerprint density at radius 1 is 1.26 bits per heavy atom. The summed E-state index contributed by atoms with van der Waals surface area (Å²) in [5.41, 5.74) is 0.795. The van der Waals surface area contributed by atoms with Crippen molar-refractivity contribution in [2.75, 3.05) is 6.54 Å². The molecular formula is C17H21FN4O. The predicted octanol–water partition coefficient (Wildman–Crippen LogP) is 2.78. The Morgan fingerprint density at radius 3 is 2.83 bits per heavy atom. The molecule has 1 heterocycles. The zero-order valence-corrected chi connectivity index (χ0v) is 13.0. The van der Waals surface area contributed by atoms with Crippen molar-refractivity contribution in [3.63, 3.8) is 0 Å². The van der Waals surface area contributed by atoms with E-state index in [1.165, 1.54) is 42.9 Å². The summed E-state index contributed by atoms with van der Waals surface area (Å²) in [6, 6.07) is 6.52. The predicted molar refractivity (Wildman–Crippen MR) is 84.4 cm³/mol. The molecule has 1 aliphatic carbocycles. The summed E-state index contributed by atoms with van der Waals surface area (Å²) in [5, 5.41) is 10.7. The van der Waals surface area contributed by atoms with Gasteiger partial charge in [0.1, 0.15) is 5.82 Å². The lowest BCUT2D eigenvalue weighted by Crippen LogP contribution is -2.30. The maximum absolute atomic E-state index is 13.6. The van der Waals surface area contributed by atoms with E-state index in [9.17, 15) is 9.18 Å². The molecule has 0 radical (unpaired) electrons. The minimum absolute atomic E-state index is 0.213. The number of rotatable bonds is 5. The van der Waals surface area contributed by atoms with Gasteiger partial charge in [-0.3, -0.25) is 4.79 Å². The molecule has 0 aliphatic heterocycles. The van der Waals surface area contributed by atoms with Crippen LogP contribution >= 0.6 is 0 Å². The first-order valence-corrected chi connectivity index (χ1v) is 8.14. The normalized spacial score (nSPS) is 15.5. The van der Waals surface area contributed by atoms with E-state index >= 15 is 0 Å². The van der Waals surface area contributed by atoms with E-state index < -0.39 is 0 Å². The molecule has 6 heteroatoms. The largest absolute Gasteiger partial charge is 0.350 e. The molecule has 1 aromatic heterocycles. The Labute approximate surface area is 134 Å². The van der Waals surface area contributed by atoms with Gasteiger partial charge in [-0.25, -0.2) is 9.07 Å². The number of benzene rings is 1. The van der Waals surface area contributed by atoms with E-state index in [-0.39, 0.29) is 24.0 Å². The molecule has 0 unspecified atom stereocenters. The second-order valence-corrected chi connectivity index (χ2v) is 6.11. The second kappa shape index (κ2) is 7.35. The first kappa shape index (κ1) is 15.6. The highest BCUT2D eigenvalue weighted by atomic mass is 19.1. The summed E-state index contributed by atoms with van der Waals surface area (Å²) in [4.78, 5) is 12.1. The fourth-order valence-corrected chi connectivity index (χ4v) is 3.00. The average molecular weight is 316 g/mol. The fraction of sp³-hybridized carbons (Fsp3) is 0.471. The van der Waals surface area contributed by atoms with Crippen LogP contribution in [0.2, 0.25) is 0 Å². The molecule has 0 saturated heterocycles. The van der Waals surface area contributed by atoms with E-state index in [2.05, 4.69) is 15.6 Å². The lowest BCUT2D eigenvalue weighted by Gasteiger charge is -2.21. The van der Waals surface area contributed by atoms with Crippen molar-refractivity contribution in [2.24, 2.45) is 5.92 Å². The van der Waals surface area contributed by atoms with Crippen molar-refractivity contribution in [2.45, 2.75) is 38.6 Å².